The van der Waals surface area contributed by atoms with Gasteiger partial charge in [-0.1, -0.05) is 54.6 Å². The summed E-state index contributed by atoms with van der Waals surface area (Å²) in [6.45, 7) is 0.305. The maximum Gasteiger partial charge on any atom is 0.247 e. The molecule has 0 saturated carbocycles. The summed E-state index contributed by atoms with van der Waals surface area (Å²) in [4.78, 5) is 1.46. The molecule has 1 aliphatic rings. The summed E-state index contributed by atoms with van der Waals surface area (Å²) >= 11 is 1.66. The Kier molecular flexibility index (Phi) is 4.95. The second-order valence-electron chi connectivity index (χ2n) is 6.35. The number of nitrogens with zero attached hydrogens (tertiary/aromatic N) is 1. The van der Waals surface area contributed by atoms with E-state index in [0.717, 1.165) is 16.0 Å². The number of benzene rings is 3. The topological polar surface area (TPSA) is 49.4 Å². The molecule has 3 aromatic carbocycles. The van der Waals surface area contributed by atoms with E-state index in [-0.39, 0.29) is 0 Å². The van der Waals surface area contributed by atoms with Gasteiger partial charge in [0.2, 0.25) is 10.0 Å². The minimum Gasteiger partial charge on any atom is -0.364 e. The van der Waals surface area contributed by atoms with E-state index in [1.165, 1.54) is 0 Å². The van der Waals surface area contributed by atoms with Crippen molar-refractivity contribution in [1.82, 2.24) is 4.31 Å². The van der Waals surface area contributed by atoms with Gasteiger partial charge in [0.25, 0.3) is 0 Å². The molecule has 27 heavy (non-hydrogen) atoms. The lowest BCUT2D eigenvalue weighted by Crippen LogP contribution is -2.42. The average Bonchev–Trinajstić information content (AvgIpc) is 2.71. The Balaban J connectivity index is 1.81. The zero-order chi connectivity index (χ0) is 18.9. The second-order valence-corrected chi connectivity index (χ2v) is 9.09. The predicted octanol–water partition coefficient (Wildman–Crippen LogP) is 4.72. The molecule has 0 aromatic heterocycles. The standard InChI is InChI=1S/C21H20N2O2S2/c1-26-18-13-11-17(12-14-18)21-22-19-9-5-6-10-20(19)27(24,25)23(21)15-16-7-3-2-4-8-16/h2-14,21-22H,15H2,1H3/t21-/m1/s1. The van der Waals surface area contributed by atoms with Crippen LogP contribution in [0.3, 0.4) is 0 Å². The summed E-state index contributed by atoms with van der Waals surface area (Å²) in [6.07, 6.45) is 1.57. The van der Waals surface area contributed by atoms with Crippen molar-refractivity contribution in [2.75, 3.05) is 11.6 Å². The molecule has 0 saturated heterocycles. The maximum absolute atomic E-state index is 13.4. The third-order valence-electron chi connectivity index (χ3n) is 4.67. The molecule has 4 rings (SSSR count). The van der Waals surface area contributed by atoms with Crippen LogP contribution in [-0.4, -0.2) is 19.0 Å². The highest BCUT2D eigenvalue weighted by molar-refractivity contribution is 7.98. The molecule has 1 heterocycles. The van der Waals surface area contributed by atoms with E-state index >= 15 is 0 Å². The lowest BCUT2D eigenvalue weighted by Gasteiger charge is -2.37. The van der Waals surface area contributed by atoms with E-state index in [9.17, 15) is 8.42 Å². The molecule has 1 atom stereocenters. The molecule has 1 aliphatic heterocycles. The van der Waals surface area contributed by atoms with Crippen molar-refractivity contribution in [3.63, 3.8) is 0 Å². The number of nitrogens with one attached hydrogen (secondary N) is 1. The minimum atomic E-state index is -3.63. The summed E-state index contributed by atoms with van der Waals surface area (Å²) in [6, 6.07) is 24.8. The van der Waals surface area contributed by atoms with Crippen LogP contribution in [0.4, 0.5) is 5.69 Å². The molecule has 0 radical (unpaired) electrons. The van der Waals surface area contributed by atoms with Crippen LogP contribution in [0.5, 0.6) is 0 Å². The third kappa shape index (κ3) is 3.48. The van der Waals surface area contributed by atoms with Gasteiger partial charge < -0.3 is 5.32 Å². The van der Waals surface area contributed by atoms with Gasteiger partial charge in [-0.2, -0.15) is 4.31 Å². The zero-order valence-corrected chi connectivity index (χ0v) is 16.5. The smallest absolute Gasteiger partial charge is 0.247 e. The normalized spacial score (nSPS) is 18.5. The van der Waals surface area contributed by atoms with Gasteiger partial charge in [0.05, 0.1) is 5.69 Å². The Labute approximate surface area is 164 Å². The van der Waals surface area contributed by atoms with Crippen LogP contribution in [0.2, 0.25) is 0 Å². The Hall–Kier alpha value is -2.28. The van der Waals surface area contributed by atoms with Crippen molar-refractivity contribution >= 4 is 27.5 Å². The van der Waals surface area contributed by atoms with Crippen LogP contribution in [-0.2, 0) is 16.6 Å². The molecule has 6 heteroatoms. The fourth-order valence-corrected chi connectivity index (χ4v) is 5.36. The summed E-state index contributed by atoms with van der Waals surface area (Å²) in [5.41, 5.74) is 2.51. The monoisotopic (exact) mass is 396 g/mol. The van der Waals surface area contributed by atoms with Crippen LogP contribution in [0.15, 0.2) is 88.7 Å². The lowest BCUT2D eigenvalue weighted by atomic mass is 10.1. The molecule has 0 bridgehead atoms. The van der Waals surface area contributed by atoms with Gasteiger partial charge in [0.15, 0.2) is 0 Å². The first-order valence-corrected chi connectivity index (χ1v) is 11.3. The van der Waals surface area contributed by atoms with Crippen molar-refractivity contribution in [1.29, 1.82) is 0 Å². The molecule has 138 valence electrons. The quantitative estimate of drug-likeness (QED) is 0.648. The van der Waals surface area contributed by atoms with Gasteiger partial charge in [-0.15, -0.1) is 11.8 Å². The maximum atomic E-state index is 13.4. The SMILES string of the molecule is CSc1ccc([C@@H]2Nc3ccccc3S(=O)(=O)N2Cc2ccccc2)cc1. The second kappa shape index (κ2) is 7.38. The molecule has 4 nitrogen and oxygen atoms in total. The fraction of sp³-hybridized carbons (Fsp3) is 0.143. The Morgan fingerprint density at radius 3 is 2.30 bits per heavy atom. The fourth-order valence-electron chi connectivity index (χ4n) is 3.27. The molecule has 0 amide bonds. The zero-order valence-electron chi connectivity index (χ0n) is 14.9. The first kappa shape index (κ1) is 18.1. The van der Waals surface area contributed by atoms with Gasteiger partial charge in [0.1, 0.15) is 11.1 Å². The molecule has 0 spiro atoms. The van der Waals surface area contributed by atoms with Crippen LogP contribution in [0, 0.1) is 0 Å². The number of fused-ring (bicyclic) bond motifs is 1. The Morgan fingerprint density at radius 1 is 0.926 bits per heavy atom. The third-order valence-corrected chi connectivity index (χ3v) is 7.28. The van der Waals surface area contributed by atoms with E-state index in [2.05, 4.69) is 5.32 Å². The van der Waals surface area contributed by atoms with E-state index in [0.29, 0.717) is 17.1 Å². The van der Waals surface area contributed by atoms with Crippen LogP contribution in [0.1, 0.15) is 17.3 Å². The number of hydrogen-bond acceptors (Lipinski definition) is 4. The summed E-state index contributed by atoms with van der Waals surface area (Å²) in [7, 11) is -3.63. The summed E-state index contributed by atoms with van der Waals surface area (Å²) < 4.78 is 28.3. The molecule has 0 unspecified atom stereocenters. The molecule has 1 N–H and O–H groups in total. The van der Waals surface area contributed by atoms with Crippen LogP contribution < -0.4 is 5.32 Å². The average molecular weight is 397 g/mol. The number of thioether (sulfide) groups is 1. The largest absolute Gasteiger partial charge is 0.364 e. The van der Waals surface area contributed by atoms with E-state index in [1.54, 1.807) is 28.2 Å². The van der Waals surface area contributed by atoms with Crippen molar-refractivity contribution < 1.29 is 8.42 Å². The van der Waals surface area contributed by atoms with Crippen molar-refractivity contribution in [2.45, 2.75) is 22.5 Å². The van der Waals surface area contributed by atoms with Gasteiger partial charge >= 0.3 is 0 Å². The number of anilines is 1. The molecular weight excluding hydrogens is 376 g/mol. The highest BCUT2D eigenvalue weighted by atomic mass is 32.2. The lowest BCUT2D eigenvalue weighted by molar-refractivity contribution is 0.336. The minimum absolute atomic E-state index is 0.305. The van der Waals surface area contributed by atoms with Crippen molar-refractivity contribution in [3.8, 4) is 0 Å². The summed E-state index contributed by atoms with van der Waals surface area (Å²) in [5.74, 6) is 0. The Bertz CT molecular complexity index is 1040. The van der Waals surface area contributed by atoms with E-state index in [4.69, 9.17) is 0 Å². The number of rotatable bonds is 4. The molecule has 3 aromatic rings. The first-order valence-electron chi connectivity index (χ1n) is 8.65. The first-order chi connectivity index (χ1) is 13.1. The molecule has 0 aliphatic carbocycles. The number of sulfonamides is 1. The van der Waals surface area contributed by atoms with Crippen molar-refractivity contribution in [3.05, 3.63) is 90.0 Å². The summed E-state index contributed by atoms with van der Waals surface area (Å²) in [5, 5.41) is 3.42. The van der Waals surface area contributed by atoms with Crippen LogP contribution in [0.25, 0.3) is 0 Å². The highest BCUT2D eigenvalue weighted by Crippen LogP contribution is 2.39. The number of hydrogen-bond donors (Lipinski definition) is 1. The van der Waals surface area contributed by atoms with Crippen molar-refractivity contribution in [2.24, 2.45) is 0 Å². The van der Waals surface area contributed by atoms with Gasteiger partial charge in [-0.05, 0) is 41.6 Å². The van der Waals surface area contributed by atoms with Crippen LogP contribution >= 0.6 is 11.8 Å². The van der Waals surface area contributed by atoms with Gasteiger partial charge in [0, 0.05) is 11.4 Å². The number of para-hydroxylation sites is 1. The predicted molar refractivity (Wildman–Crippen MR) is 110 cm³/mol. The van der Waals surface area contributed by atoms with Gasteiger partial charge in [-0.3, -0.25) is 0 Å². The highest BCUT2D eigenvalue weighted by Gasteiger charge is 2.38. The Morgan fingerprint density at radius 2 is 1.59 bits per heavy atom. The van der Waals surface area contributed by atoms with E-state index < -0.39 is 16.2 Å². The van der Waals surface area contributed by atoms with E-state index in [1.807, 2.05) is 73.0 Å². The molecule has 0 fully saturated rings. The molecular formula is C21H20N2O2S2. The van der Waals surface area contributed by atoms with Gasteiger partial charge in [-0.25, -0.2) is 8.42 Å².